The van der Waals surface area contributed by atoms with Gasteiger partial charge < -0.3 is 14.1 Å². The molecule has 2 aliphatic rings. The second kappa shape index (κ2) is 5.96. The third-order valence-corrected chi connectivity index (χ3v) is 6.18. The maximum absolute atomic E-state index is 11.4. The lowest BCUT2D eigenvalue weighted by Crippen LogP contribution is -2.52. The molecule has 0 aliphatic carbocycles. The molecule has 1 unspecified atom stereocenters. The highest BCUT2D eigenvalue weighted by molar-refractivity contribution is 5.78. The third kappa shape index (κ3) is 2.75. The summed E-state index contributed by atoms with van der Waals surface area (Å²) in [5, 5.41) is 12.6. The van der Waals surface area contributed by atoms with Crippen LogP contribution in [0, 0.1) is 6.92 Å². The minimum atomic E-state index is -0.650. The van der Waals surface area contributed by atoms with Gasteiger partial charge in [0.2, 0.25) is 0 Å². The SMILES string of the molecule is Cc1ccc(CN2[C@@H]3CC[C@H]2CC(O)(Cn2ccc4ccncc42)C3)o1. The van der Waals surface area contributed by atoms with Crippen molar-refractivity contribution >= 4 is 10.9 Å². The van der Waals surface area contributed by atoms with E-state index in [1.165, 1.54) is 18.2 Å². The minimum Gasteiger partial charge on any atom is -0.465 e. The Bertz CT molecular complexity index is 914. The van der Waals surface area contributed by atoms with E-state index in [1.54, 1.807) is 0 Å². The van der Waals surface area contributed by atoms with Gasteiger partial charge >= 0.3 is 0 Å². The van der Waals surface area contributed by atoms with E-state index >= 15 is 0 Å². The van der Waals surface area contributed by atoms with Crippen molar-refractivity contribution < 1.29 is 9.52 Å². The number of furan rings is 1. The molecule has 1 N–H and O–H groups in total. The van der Waals surface area contributed by atoms with Crippen molar-refractivity contribution in [1.29, 1.82) is 0 Å². The number of piperidine rings is 1. The Balaban J connectivity index is 1.34. The predicted molar refractivity (Wildman–Crippen MR) is 99.7 cm³/mol. The summed E-state index contributed by atoms with van der Waals surface area (Å²) in [6, 6.07) is 9.10. The highest BCUT2D eigenvalue weighted by Gasteiger charge is 2.47. The summed E-state index contributed by atoms with van der Waals surface area (Å²) in [6.45, 7) is 3.49. The first-order chi connectivity index (χ1) is 12.6. The topological polar surface area (TPSA) is 54.4 Å². The standard InChI is InChI=1S/C21H25N3O2/c1-15-2-5-19(26-15)13-24-17-3-4-18(24)11-21(25,10-17)14-23-9-7-16-6-8-22-12-20(16)23/h2,5-9,12,17-18,25H,3-4,10-11,13-14H2,1H3/t17-,18+,21?. The first kappa shape index (κ1) is 16.1. The van der Waals surface area contributed by atoms with Crippen molar-refractivity contribution in [2.24, 2.45) is 0 Å². The monoisotopic (exact) mass is 351 g/mol. The van der Waals surface area contributed by atoms with Crippen LogP contribution in [0.3, 0.4) is 0 Å². The normalized spacial score (nSPS) is 28.8. The Morgan fingerprint density at radius 1 is 1.19 bits per heavy atom. The van der Waals surface area contributed by atoms with Crippen molar-refractivity contribution in [2.75, 3.05) is 0 Å². The molecule has 0 radical (unpaired) electrons. The largest absolute Gasteiger partial charge is 0.465 e. The molecule has 3 atom stereocenters. The molecule has 5 nitrogen and oxygen atoms in total. The van der Waals surface area contributed by atoms with Gasteiger partial charge in [-0.25, -0.2) is 0 Å². The summed E-state index contributed by atoms with van der Waals surface area (Å²) in [6.07, 6.45) is 9.76. The number of hydrogen-bond acceptors (Lipinski definition) is 4. The number of hydrogen-bond donors (Lipinski definition) is 1. The van der Waals surface area contributed by atoms with Gasteiger partial charge in [-0.3, -0.25) is 9.88 Å². The van der Waals surface area contributed by atoms with Crippen molar-refractivity contribution in [2.45, 2.75) is 63.4 Å². The number of aliphatic hydroxyl groups is 1. The Hall–Kier alpha value is -2.11. The molecule has 2 fully saturated rings. The summed E-state index contributed by atoms with van der Waals surface area (Å²) < 4.78 is 7.94. The van der Waals surface area contributed by atoms with Crippen LogP contribution in [0.4, 0.5) is 0 Å². The average molecular weight is 351 g/mol. The van der Waals surface area contributed by atoms with Gasteiger partial charge in [-0.1, -0.05) is 0 Å². The average Bonchev–Trinajstić information content (AvgIpc) is 3.27. The lowest BCUT2D eigenvalue weighted by molar-refractivity contribution is -0.0658. The highest BCUT2D eigenvalue weighted by atomic mass is 16.3. The molecule has 2 saturated heterocycles. The summed E-state index contributed by atoms with van der Waals surface area (Å²) in [5.74, 6) is 2.00. The van der Waals surface area contributed by atoms with Crippen LogP contribution in [-0.4, -0.2) is 37.2 Å². The molecule has 3 aromatic rings. The number of pyridine rings is 1. The summed E-state index contributed by atoms with van der Waals surface area (Å²) >= 11 is 0. The number of fused-ring (bicyclic) bond motifs is 3. The van der Waals surface area contributed by atoms with E-state index in [9.17, 15) is 5.11 Å². The van der Waals surface area contributed by atoms with E-state index < -0.39 is 5.60 Å². The first-order valence-corrected chi connectivity index (χ1v) is 9.52. The summed E-state index contributed by atoms with van der Waals surface area (Å²) in [4.78, 5) is 6.79. The lowest BCUT2D eigenvalue weighted by atomic mass is 9.85. The molecule has 2 bridgehead atoms. The van der Waals surface area contributed by atoms with Gasteiger partial charge in [0.25, 0.3) is 0 Å². The van der Waals surface area contributed by atoms with Crippen LogP contribution in [-0.2, 0) is 13.1 Å². The number of aryl methyl sites for hydroxylation is 1. The molecule has 5 rings (SSSR count). The molecule has 5 heteroatoms. The summed E-state index contributed by atoms with van der Waals surface area (Å²) in [7, 11) is 0. The highest BCUT2D eigenvalue weighted by Crippen LogP contribution is 2.42. The van der Waals surface area contributed by atoms with Crippen LogP contribution in [0.15, 0.2) is 47.3 Å². The molecular weight excluding hydrogens is 326 g/mol. The summed E-state index contributed by atoms with van der Waals surface area (Å²) in [5.41, 5.74) is 0.449. The smallest absolute Gasteiger partial charge is 0.118 e. The Kier molecular flexibility index (Phi) is 3.69. The second-order valence-corrected chi connectivity index (χ2v) is 8.08. The van der Waals surface area contributed by atoms with Gasteiger partial charge in [-0.15, -0.1) is 0 Å². The van der Waals surface area contributed by atoms with E-state index in [0.29, 0.717) is 18.6 Å². The molecular formula is C21H25N3O2. The number of nitrogens with zero attached hydrogens (tertiary/aromatic N) is 3. The fourth-order valence-electron chi connectivity index (χ4n) is 5.03. The molecule has 2 aliphatic heterocycles. The second-order valence-electron chi connectivity index (χ2n) is 8.08. The molecule has 0 aromatic carbocycles. The van der Waals surface area contributed by atoms with Crippen molar-refractivity contribution in [3.8, 4) is 0 Å². The van der Waals surface area contributed by atoms with Gasteiger partial charge in [-0.2, -0.15) is 0 Å². The Morgan fingerprint density at radius 3 is 2.73 bits per heavy atom. The van der Waals surface area contributed by atoms with Crippen molar-refractivity contribution in [1.82, 2.24) is 14.5 Å². The molecule has 136 valence electrons. The van der Waals surface area contributed by atoms with Gasteiger partial charge in [0.05, 0.1) is 30.4 Å². The molecule has 5 heterocycles. The van der Waals surface area contributed by atoms with Gasteiger partial charge in [0.1, 0.15) is 11.5 Å². The third-order valence-electron chi connectivity index (χ3n) is 6.18. The fourth-order valence-corrected chi connectivity index (χ4v) is 5.03. The maximum Gasteiger partial charge on any atom is 0.118 e. The quantitative estimate of drug-likeness (QED) is 0.782. The van der Waals surface area contributed by atoms with E-state index in [1.807, 2.05) is 31.5 Å². The van der Waals surface area contributed by atoms with Crippen LogP contribution >= 0.6 is 0 Å². The van der Waals surface area contributed by atoms with Gasteiger partial charge in [-0.05, 0) is 56.9 Å². The fraction of sp³-hybridized carbons (Fsp3) is 0.476. The number of aromatic nitrogens is 2. The zero-order valence-electron chi connectivity index (χ0n) is 15.1. The Morgan fingerprint density at radius 2 is 2.00 bits per heavy atom. The minimum absolute atomic E-state index is 0.434. The van der Waals surface area contributed by atoms with Crippen LogP contribution in [0.1, 0.15) is 37.2 Å². The van der Waals surface area contributed by atoms with E-state index in [-0.39, 0.29) is 0 Å². The zero-order chi connectivity index (χ0) is 17.7. The molecule has 3 aromatic heterocycles. The van der Waals surface area contributed by atoms with Crippen molar-refractivity contribution in [3.63, 3.8) is 0 Å². The zero-order valence-corrected chi connectivity index (χ0v) is 15.1. The Labute approximate surface area is 153 Å². The van der Waals surface area contributed by atoms with Crippen molar-refractivity contribution in [3.05, 3.63) is 54.4 Å². The van der Waals surface area contributed by atoms with Crippen LogP contribution in [0.2, 0.25) is 0 Å². The first-order valence-electron chi connectivity index (χ1n) is 9.52. The van der Waals surface area contributed by atoms with E-state index in [4.69, 9.17) is 4.42 Å². The molecule has 26 heavy (non-hydrogen) atoms. The molecule has 0 spiro atoms. The van der Waals surface area contributed by atoms with Gasteiger partial charge in [0, 0.05) is 29.9 Å². The maximum atomic E-state index is 11.4. The van der Waals surface area contributed by atoms with Gasteiger partial charge in [0.15, 0.2) is 0 Å². The molecule has 0 amide bonds. The molecule has 0 saturated carbocycles. The lowest BCUT2D eigenvalue weighted by Gasteiger charge is -2.43. The van der Waals surface area contributed by atoms with Crippen LogP contribution in [0.5, 0.6) is 0 Å². The van der Waals surface area contributed by atoms with E-state index in [0.717, 1.165) is 36.4 Å². The van der Waals surface area contributed by atoms with Crippen LogP contribution in [0.25, 0.3) is 10.9 Å². The predicted octanol–water partition coefficient (Wildman–Crippen LogP) is 3.50. The van der Waals surface area contributed by atoms with Crippen LogP contribution < -0.4 is 0 Å². The van der Waals surface area contributed by atoms with E-state index in [2.05, 4.69) is 32.8 Å². The number of rotatable bonds is 4.